The van der Waals surface area contributed by atoms with Crippen LogP contribution in [0.5, 0.6) is 0 Å². The fraction of sp³-hybridized carbons (Fsp3) is 0.250. The van der Waals surface area contributed by atoms with Crippen LogP contribution in [-0.2, 0) is 13.0 Å². The lowest BCUT2D eigenvalue weighted by Gasteiger charge is -2.23. The van der Waals surface area contributed by atoms with Crippen molar-refractivity contribution in [2.75, 3.05) is 11.4 Å². The summed E-state index contributed by atoms with van der Waals surface area (Å²) in [7, 11) is 0. The molecule has 0 unspecified atom stereocenters. The number of nitro groups is 1. The molecule has 4 nitrogen and oxygen atoms in total. The Morgan fingerprint density at radius 1 is 1.14 bits per heavy atom. The second-order valence-electron chi connectivity index (χ2n) is 5.22. The Morgan fingerprint density at radius 3 is 2.67 bits per heavy atom. The van der Waals surface area contributed by atoms with Gasteiger partial charge in [-0.15, -0.1) is 0 Å². The number of hydrogen-bond acceptors (Lipinski definition) is 3. The topological polar surface area (TPSA) is 46.4 Å². The Labute approximate surface area is 122 Å². The van der Waals surface area contributed by atoms with Gasteiger partial charge < -0.3 is 4.90 Å². The molecule has 0 bridgehead atoms. The average molecular weight is 286 g/mol. The van der Waals surface area contributed by atoms with Crippen LogP contribution in [0.2, 0.25) is 0 Å². The number of anilines is 1. The summed E-state index contributed by atoms with van der Waals surface area (Å²) in [6, 6.07) is 11.9. The Bertz CT molecular complexity index is 688. The molecule has 5 heteroatoms. The highest BCUT2D eigenvalue weighted by atomic mass is 19.1. The fourth-order valence-electron chi connectivity index (χ4n) is 2.77. The van der Waals surface area contributed by atoms with Crippen molar-refractivity contribution in [1.29, 1.82) is 0 Å². The standard InChI is InChI=1S/C16H15FN2O2/c17-14-8-15(10-16(9-14)19(20)21)18-7-3-6-12-4-1-2-5-13(12)11-18/h1-2,4-5,8-10H,3,6-7,11H2. The first-order valence-electron chi connectivity index (χ1n) is 6.90. The Hall–Kier alpha value is -2.43. The molecule has 3 rings (SSSR count). The first kappa shape index (κ1) is 13.5. The van der Waals surface area contributed by atoms with E-state index in [1.165, 1.54) is 23.3 Å². The Morgan fingerprint density at radius 2 is 1.90 bits per heavy atom. The van der Waals surface area contributed by atoms with E-state index in [0.717, 1.165) is 25.5 Å². The van der Waals surface area contributed by atoms with E-state index in [2.05, 4.69) is 12.1 Å². The number of benzene rings is 2. The lowest BCUT2D eigenvalue weighted by molar-refractivity contribution is -0.385. The number of rotatable bonds is 2. The maximum absolute atomic E-state index is 13.6. The van der Waals surface area contributed by atoms with Crippen LogP contribution in [0.3, 0.4) is 0 Å². The van der Waals surface area contributed by atoms with Gasteiger partial charge in [-0.3, -0.25) is 10.1 Å². The zero-order valence-electron chi connectivity index (χ0n) is 11.5. The van der Waals surface area contributed by atoms with Crippen LogP contribution in [0.4, 0.5) is 15.8 Å². The van der Waals surface area contributed by atoms with Gasteiger partial charge in [0.05, 0.1) is 11.0 Å². The zero-order chi connectivity index (χ0) is 14.8. The van der Waals surface area contributed by atoms with E-state index in [1.807, 2.05) is 17.0 Å². The van der Waals surface area contributed by atoms with Crippen LogP contribution in [0.25, 0.3) is 0 Å². The molecule has 0 amide bonds. The highest BCUT2D eigenvalue weighted by molar-refractivity contribution is 5.54. The number of nitro benzene ring substituents is 1. The van der Waals surface area contributed by atoms with Crippen LogP contribution < -0.4 is 4.90 Å². The number of nitrogens with zero attached hydrogens (tertiary/aromatic N) is 2. The van der Waals surface area contributed by atoms with Crippen molar-refractivity contribution >= 4 is 11.4 Å². The van der Waals surface area contributed by atoms with Gasteiger partial charge in [-0.25, -0.2) is 4.39 Å². The van der Waals surface area contributed by atoms with E-state index < -0.39 is 10.7 Å². The van der Waals surface area contributed by atoms with E-state index in [0.29, 0.717) is 12.2 Å². The molecular weight excluding hydrogens is 271 g/mol. The van der Waals surface area contributed by atoms with Crippen molar-refractivity contribution in [3.8, 4) is 0 Å². The molecule has 1 heterocycles. The molecule has 1 aliphatic heterocycles. The van der Waals surface area contributed by atoms with Gasteiger partial charge >= 0.3 is 0 Å². The van der Waals surface area contributed by atoms with Crippen molar-refractivity contribution in [3.05, 3.63) is 69.5 Å². The second-order valence-corrected chi connectivity index (χ2v) is 5.22. The molecule has 0 saturated heterocycles. The van der Waals surface area contributed by atoms with Crippen molar-refractivity contribution in [1.82, 2.24) is 0 Å². The molecule has 0 radical (unpaired) electrons. The van der Waals surface area contributed by atoms with Gasteiger partial charge in [-0.2, -0.15) is 0 Å². The van der Waals surface area contributed by atoms with E-state index in [9.17, 15) is 14.5 Å². The molecule has 21 heavy (non-hydrogen) atoms. The first-order valence-corrected chi connectivity index (χ1v) is 6.90. The third kappa shape index (κ3) is 2.86. The molecule has 0 N–H and O–H groups in total. The summed E-state index contributed by atoms with van der Waals surface area (Å²) >= 11 is 0. The number of aryl methyl sites for hydroxylation is 1. The first-order chi connectivity index (χ1) is 10.1. The normalized spacial score (nSPS) is 14.4. The smallest absolute Gasteiger partial charge is 0.274 e. The van der Waals surface area contributed by atoms with E-state index in [-0.39, 0.29) is 5.69 Å². The van der Waals surface area contributed by atoms with Crippen LogP contribution in [-0.4, -0.2) is 11.5 Å². The molecule has 0 aliphatic carbocycles. The molecule has 2 aromatic rings. The van der Waals surface area contributed by atoms with Gasteiger partial charge in [0.25, 0.3) is 5.69 Å². The third-order valence-corrected chi connectivity index (χ3v) is 3.80. The molecule has 0 atom stereocenters. The summed E-state index contributed by atoms with van der Waals surface area (Å²) in [4.78, 5) is 12.3. The SMILES string of the molecule is O=[N+]([O-])c1cc(F)cc(N2CCCc3ccccc3C2)c1. The minimum absolute atomic E-state index is 0.206. The average Bonchev–Trinajstić information content (AvgIpc) is 2.68. The summed E-state index contributed by atoms with van der Waals surface area (Å²) in [6.07, 6.45) is 1.92. The minimum Gasteiger partial charge on any atom is -0.367 e. The van der Waals surface area contributed by atoms with Crippen molar-refractivity contribution in [2.24, 2.45) is 0 Å². The van der Waals surface area contributed by atoms with E-state index in [4.69, 9.17) is 0 Å². The summed E-state index contributed by atoms with van der Waals surface area (Å²) in [6.45, 7) is 1.41. The Kier molecular flexibility index (Phi) is 3.56. The van der Waals surface area contributed by atoms with Gasteiger partial charge in [-0.05, 0) is 30.0 Å². The predicted molar refractivity (Wildman–Crippen MR) is 78.9 cm³/mol. The summed E-state index contributed by atoms with van der Waals surface area (Å²) in [5, 5.41) is 10.9. The third-order valence-electron chi connectivity index (χ3n) is 3.80. The highest BCUT2D eigenvalue weighted by Gasteiger charge is 2.18. The van der Waals surface area contributed by atoms with Crippen molar-refractivity contribution in [2.45, 2.75) is 19.4 Å². The molecule has 0 fully saturated rings. The molecule has 2 aromatic carbocycles. The molecular formula is C16H15FN2O2. The van der Waals surface area contributed by atoms with Gasteiger partial charge in [0.15, 0.2) is 0 Å². The van der Waals surface area contributed by atoms with Crippen LogP contribution in [0, 0.1) is 15.9 Å². The van der Waals surface area contributed by atoms with Gasteiger partial charge in [0.1, 0.15) is 5.82 Å². The summed E-state index contributed by atoms with van der Waals surface area (Å²) < 4.78 is 13.6. The van der Waals surface area contributed by atoms with Crippen LogP contribution >= 0.6 is 0 Å². The molecule has 0 spiro atoms. The summed E-state index contributed by atoms with van der Waals surface area (Å²) in [5.41, 5.74) is 2.86. The van der Waals surface area contributed by atoms with Gasteiger partial charge in [0.2, 0.25) is 0 Å². The summed E-state index contributed by atoms with van der Waals surface area (Å²) in [5.74, 6) is -0.572. The van der Waals surface area contributed by atoms with E-state index in [1.54, 1.807) is 0 Å². The molecule has 108 valence electrons. The lowest BCUT2D eigenvalue weighted by Crippen LogP contribution is -2.22. The number of fused-ring (bicyclic) bond motifs is 1. The fourth-order valence-corrected chi connectivity index (χ4v) is 2.77. The quantitative estimate of drug-likeness (QED) is 0.625. The highest BCUT2D eigenvalue weighted by Crippen LogP contribution is 2.27. The van der Waals surface area contributed by atoms with Crippen LogP contribution in [0.1, 0.15) is 17.5 Å². The van der Waals surface area contributed by atoms with Crippen molar-refractivity contribution in [3.63, 3.8) is 0 Å². The predicted octanol–water partition coefficient (Wildman–Crippen LogP) is 3.69. The lowest BCUT2D eigenvalue weighted by atomic mass is 10.0. The molecule has 1 aliphatic rings. The van der Waals surface area contributed by atoms with Gasteiger partial charge in [-0.1, -0.05) is 24.3 Å². The Balaban J connectivity index is 1.95. The van der Waals surface area contributed by atoms with E-state index >= 15 is 0 Å². The van der Waals surface area contributed by atoms with Crippen LogP contribution in [0.15, 0.2) is 42.5 Å². The molecule has 0 saturated carbocycles. The van der Waals surface area contributed by atoms with Gasteiger partial charge in [0, 0.05) is 24.8 Å². The number of non-ortho nitro benzene ring substituents is 1. The monoisotopic (exact) mass is 286 g/mol. The second kappa shape index (κ2) is 5.52. The number of halogens is 1. The maximum Gasteiger partial charge on any atom is 0.274 e. The minimum atomic E-state index is -0.572. The maximum atomic E-state index is 13.6. The molecule has 0 aromatic heterocycles. The largest absolute Gasteiger partial charge is 0.367 e. The number of hydrogen-bond donors (Lipinski definition) is 0. The zero-order valence-corrected chi connectivity index (χ0v) is 11.5. The van der Waals surface area contributed by atoms with Crippen molar-refractivity contribution < 1.29 is 9.31 Å².